The largest absolute Gasteiger partial charge is 0.310 e. The van der Waals surface area contributed by atoms with Gasteiger partial charge in [-0.2, -0.15) is 0 Å². The molecule has 0 aliphatic carbocycles. The summed E-state index contributed by atoms with van der Waals surface area (Å²) in [5.41, 5.74) is 1.02. The van der Waals surface area contributed by atoms with E-state index in [1.807, 2.05) is 30.3 Å². The molecule has 2 aromatic carbocycles. The Morgan fingerprint density at radius 2 is 1.89 bits per heavy atom. The number of aromatic amines is 1. The molecule has 1 unspecified atom stereocenters. The summed E-state index contributed by atoms with van der Waals surface area (Å²) >= 11 is 7.52. The van der Waals surface area contributed by atoms with Gasteiger partial charge in [0.2, 0.25) is 5.91 Å². The van der Waals surface area contributed by atoms with Gasteiger partial charge < -0.3 is 10.3 Å². The smallest absolute Gasteiger partial charge is 0.257 e. The second-order valence-electron chi connectivity index (χ2n) is 6.35. The van der Waals surface area contributed by atoms with E-state index in [1.54, 1.807) is 0 Å². The lowest BCUT2D eigenvalue weighted by Gasteiger charge is -2.25. The molecule has 0 spiro atoms. The maximum Gasteiger partial charge on any atom is 0.257 e. The first-order valence-electron chi connectivity index (χ1n) is 8.57. The highest BCUT2D eigenvalue weighted by Crippen LogP contribution is 2.39. The van der Waals surface area contributed by atoms with E-state index in [0.29, 0.717) is 10.9 Å². The standard InChI is InChI=1S/C20H15ClFN3O2S/c21-13-7-4-8-14(22)16(13)12-9-15(26)23-18-17(12)19(27)25-20(24-18)28-10-11-5-2-1-3-6-11/h1-8,12H,9-10H2,(H2,23,24,25,26,27). The van der Waals surface area contributed by atoms with E-state index in [1.165, 1.54) is 30.0 Å². The Kier molecular flexibility index (Phi) is 5.19. The number of H-pyrrole nitrogens is 1. The molecular formula is C20H15ClFN3O2S. The highest BCUT2D eigenvalue weighted by atomic mass is 35.5. The van der Waals surface area contributed by atoms with Gasteiger partial charge in [-0.05, 0) is 17.7 Å². The van der Waals surface area contributed by atoms with Gasteiger partial charge in [-0.1, -0.05) is 59.8 Å². The van der Waals surface area contributed by atoms with E-state index in [-0.39, 0.29) is 34.3 Å². The predicted molar refractivity (Wildman–Crippen MR) is 107 cm³/mol. The minimum atomic E-state index is -0.790. The van der Waals surface area contributed by atoms with Crippen LogP contribution < -0.4 is 10.9 Å². The van der Waals surface area contributed by atoms with E-state index in [2.05, 4.69) is 15.3 Å². The summed E-state index contributed by atoms with van der Waals surface area (Å²) in [6.07, 6.45) is -0.0745. The van der Waals surface area contributed by atoms with Gasteiger partial charge in [0.25, 0.3) is 5.56 Å². The first-order chi connectivity index (χ1) is 13.5. The number of halogens is 2. The molecule has 142 valence electrons. The van der Waals surface area contributed by atoms with E-state index < -0.39 is 17.3 Å². The summed E-state index contributed by atoms with van der Waals surface area (Å²) in [5, 5.41) is 3.19. The number of rotatable bonds is 4. The zero-order valence-electron chi connectivity index (χ0n) is 14.5. The highest BCUT2D eigenvalue weighted by molar-refractivity contribution is 7.98. The van der Waals surface area contributed by atoms with Crippen molar-refractivity contribution in [2.24, 2.45) is 0 Å². The summed E-state index contributed by atoms with van der Waals surface area (Å²) in [4.78, 5) is 32.1. The number of carbonyl (C=O) groups excluding carboxylic acids is 1. The van der Waals surface area contributed by atoms with Crippen molar-refractivity contribution < 1.29 is 9.18 Å². The zero-order valence-corrected chi connectivity index (χ0v) is 16.1. The van der Waals surface area contributed by atoms with Crippen molar-refractivity contribution in [2.45, 2.75) is 23.2 Å². The molecule has 1 amide bonds. The van der Waals surface area contributed by atoms with Crippen LogP contribution in [0.3, 0.4) is 0 Å². The second kappa shape index (κ2) is 7.77. The van der Waals surface area contributed by atoms with Crippen molar-refractivity contribution in [3.8, 4) is 0 Å². The first kappa shape index (κ1) is 18.7. The number of nitrogens with one attached hydrogen (secondary N) is 2. The molecule has 5 nitrogen and oxygen atoms in total. The number of thioether (sulfide) groups is 1. The summed E-state index contributed by atoms with van der Waals surface area (Å²) in [7, 11) is 0. The number of carbonyl (C=O) groups is 1. The van der Waals surface area contributed by atoms with Crippen LogP contribution in [0.1, 0.15) is 29.0 Å². The molecule has 0 fully saturated rings. The van der Waals surface area contributed by atoms with Crippen LogP contribution in [0.15, 0.2) is 58.5 Å². The molecule has 2 N–H and O–H groups in total. The molecule has 4 rings (SSSR count). The molecule has 0 saturated carbocycles. The van der Waals surface area contributed by atoms with Gasteiger partial charge in [0.15, 0.2) is 5.16 Å². The Labute approximate surface area is 169 Å². The Bertz CT molecular complexity index is 1080. The van der Waals surface area contributed by atoms with Crippen LogP contribution in [0.5, 0.6) is 0 Å². The lowest BCUT2D eigenvalue weighted by Crippen LogP contribution is -2.31. The number of benzene rings is 2. The monoisotopic (exact) mass is 415 g/mol. The molecule has 1 aliphatic heterocycles. The molecule has 0 saturated heterocycles. The summed E-state index contributed by atoms with van der Waals surface area (Å²) in [6, 6.07) is 14.0. The molecule has 28 heavy (non-hydrogen) atoms. The maximum atomic E-state index is 14.4. The molecule has 1 aromatic heterocycles. The number of hydrogen-bond donors (Lipinski definition) is 2. The van der Waals surface area contributed by atoms with Crippen molar-refractivity contribution in [3.63, 3.8) is 0 Å². The molecule has 2 heterocycles. The van der Waals surface area contributed by atoms with Crippen molar-refractivity contribution in [1.29, 1.82) is 0 Å². The minimum Gasteiger partial charge on any atom is -0.310 e. The van der Waals surface area contributed by atoms with E-state index >= 15 is 0 Å². The van der Waals surface area contributed by atoms with Crippen LogP contribution in [0, 0.1) is 5.82 Å². The SMILES string of the molecule is O=C1CC(c2c(F)cccc2Cl)c2c(nc(SCc3ccccc3)[nH]c2=O)N1. The number of nitrogens with zero attached hydrogens (tertiary/aromatic N) is 1. The topological polar surface area (TPSA) is 74.8 Å². The van der Waals surface area contributed by atoms with Crippen LogP contribution in [0.2, 0.25) is 5.02 Å². The Balaban J connectivity index is 1.71. The van der Waals surface area contributed by atoms with Crippen LogP contribution in [0.4, 0.5) is 10.2 Å². The average molecular weight is 416 g/mol. The van der Waals surface area contributed by atoms with Crippen molar-refractivity contribution in [3.05, 3.63) is 86.4 Å². The van der Waals surface area contributed by atoms with Crippen LogP contribution in [-0.2, 0) is 10.5 Å². The fourth-order valence-corrected chi connectivity index (χ4v) is 4.35. The average Bonchev–Trinajstić information content (AvgIpc) is 2.66. The molecule has 0 radical (unpaired) electrons. The number of amides is 1. The van der Waals surface area contributed by atoms with Gasteiger partial charge in [0.1, 0.15) is 11.6 Å². The third kappa shape index (κ3) is 3.68. The minimum absolute atomic E-state index is 0.0745. The van der Waals surface area contributed by atoms with Gasteiger partial charge in [-0.25, -0.2) is 9.37 Å². The lowest BCUT2D eigenvalue weighted by atomic mass is 9.86. The van der Waals surface area contributed by atoms with Gasteiger partial charge in [-0.3, -0.25) is 9.59 Å². The Hall–Kier alpha value is -2.64. The molecule has 0 bridgehead atoms. The van der Waals surface area contributed by atoms with Crippen molar-refractivity contribution in [1.82, 2.24) is 9.97 Å². The number of hydrogen-bond acceptors (Lipinski definition) is 4. The fourth-order valence-electron chi connectivity index (χ4n) is 3.24. The van der Waals surface area contributed by atoms with Crippen LogP contribution in [0.25, 0.3) is 0 Å². The van der Waals surface area contributed by atoms with Gasteiger partial charge >= 0.3 is 0 Å². The third-order valence-electron chi connectivity index (χ3n) is 4.50. The van der Waals surface area contributed by atoms with Gasteiger partial charge in [0, 0.05) is 28.7 Å². The van der Waals surface area contributed by atoms with Gasteiger partial charge in [0.05, 0.1) is 5.56 Å². The van der Waals surface area contributed by atoms with E-state index in [0.717, 1.165) is 5.56 Å². The molecule has 1 atom stereocenters. The molecular weight excluding hydrogens is 401 g/mol. The normalized spacial score (nSPS) is 15.8. The Morgan fingerprint density at radius 1 is 1.11 bits per heavy atom. The predicted octanol–water partition coefficient (Wildman–Crippen LogP) is 4.33. The number of aromatic nitrogens is 2. The number of fused-ring (bicyclic) bond motifs is 1. The summed E-state index contributed by atoms with van der Waals surface area (Å²) in [5.74, 6) is -0.921. The quantitative estimate of drug-likeness (QED) is 0.491. The van der Waals surface area contributed by atoms with Crippen molar-refractivity contribution >= 4 is 35.1 Å². The fraction of sp³-hybridized carbons (Fsp3) is 0.150. The lowest BCUT2D eigenvalue weighted by molar-refractivity contribution is -0.116. The highest BCUT2D eigenvalue weighted by Gasteiger charge is 2.33. The molecule has 8 heteroatoms. The third-order valence-corrected chi connectivity index (χ3v) is 5.77. The van der Waals surface area contributed by atoms with E-state index in [4.69, 9.17) is 11.6 Å². The van der Waals surface area contributed by atoms with E-state index in [9.17, 15) is 14.0 Å². The molecule has 1 aliphatic rings. The summed E-state index contributed by atoms with van der Waals surface area (Å²) < 4.78 is 14.4. The number of anilines is 1. The first-order valence-corrected chi connectivity index (χ1v) is 9.94. The second-order valence-corrected chi connectivity index (χ2v) is 7.72. The summed E-state index contributed by atoms with van der Waals surface area (Å²) in [6.45, 7) is 0. The maximum absolute atomic E-state index is 14.4. The Morgan fingerprint density at radius 3 is 2.64 bits per heavy atom. The van der Waals surface area contributed by atoms with Crippen LogP contribution >= 0.6 is 23.4 Å². The van der Waals surface area contributed by atoms with Gasteiger partial charge in [-0.15, -0.1) is 0 Å². The van der Waals surface area contributed by atoms with Crippen LogP contribution in [-0.4, -0.2) is 15.9 Å². The zero-order chi connectivity index (χ0) is 19.7. The molecule has 3 aromatic rings. The van der Waals surface area contributed by atoms with Crippen molar-refractivity contribution in [2.75, 3.05) is 5.32 Å².